The first-order valence-corrected chi connectivity index (χ1v) is 7.28. The van der Waals surface area contributed by atoms with E-state index in [4.69, 9.17) is 0 Å². The molecule has 8 heteroatoms. The standard InChI is InChI=1S/C15H18N4O4/c1-3-9(2)13(15(22)23)16-12(20)8-19-14(21)10-6-4-5-7-11(10)17-18-19/h4-7,9,13H,3,8H2,1-2H3,(H,16,20)(H,22,23)/t9-,13-/m0/s1. The highest BCUT2D eigenvalue weighted by Crippen LogP contribution is 2.08. The van der Waals surface area contributed by atoms with Gasteiger partial charge in [0.1, 0.15) is 18.1 Å². The second kappa shape index (κ2) is 6.99. The number of rotatable bonds is 6. The van der Waals surface area contributed by atoms with Crippen molar-refractivity contribution in [1.82, 2.24) is 20.3 Å². The number of aromatic nitrogens is 3. The number of amides is 1. The molecule has 0 fully saturated rings. The summed E-state index contributed by atoms with van der Waals surface area (Å²) in [6, 6.07) is 5.67. The van der Waals surface area contributed by atoms with E-state index in [0.717, 1.165) is 4.68 Å². The molecule has 2 rings (SSSR count). The van der Waals surface area contributed by atoms with Gasteiger partial charge in [0.25, 0.3) is 5.56 Å². The Labute approximate surface area is 132 Å². The molecule has 0 aliphatic carbocycles. The van der Waals surface area contributed by atoms with Crippen LogP contribution in [0.2, 0.25) is 0 Å². The maximum absolute atomic E-state index is 12.2. The SMILES string of the molecule is CC[C@H](C)[C@H](NC(=O)Cn1nnc2ccccc2c1=O)C(=O)O. The molecule has 1 heterocycles. The van der Waals surface area contributed by atoms with Crippen molar-refractivity contribution in [3.63, 3.8) is 0 Å². The molecule has 2 aromatic rings. The van der Waals surface area contributed by atoms with Crippen LogP contribution in [0.4, 0.5) is 0 Å². The van der Waals surface area contributed by atoms with E-state index in [1.807, 2.05) is 6.92 Å². The van der Waals surface area contributed by atoms with Gasteiger partial charge in [-0.25, -0.2) is 9.48 Å². The highest BCUT2D eigenvalue weighted by atomic mass is 16.4. The summed E-state index contributed by atoms with van der Waals surface area (Å²) >= 11 is 0. The molecule has 0 saturated heterocycles. The van der Waals surface area contributed by atoms with Gasteiger partial charge in [0.05, 0.1) is 5.39 Å². The van der Waals surface area contributed by atoms with Crippen molar-refractivity contribution in [3.05, 3.63) is 34.6 Å². The number of hydrogen-bond donors (Lipinski definition) is 2. The van der Waals surface area contributed by atoms with Gasteiger partial charge >= 0.3 is 5.97 Å². The summed E-state index contributed by atoms with van der Waals surface area (Å²) < 4.78 is 0.924. The summed E-state index contributed by atoms with van der Waals surface area (Å²) in [5.41, 5.74) is -0.00154. The number of carboxylic acids is 1. The van der Waals surface area contributed by atoms with Crippen molar-refractivity contribution < 1.29 is 14.7 Å². The molecule has 0 bridgehead atoms. The Balaban J connectivity index is 2.19. The molecule has 0 unspecified atom stereocenters. The van der Waals surface area contributed by atoms with Crippen molar-refractivity contribution >= 4 is 22.8 Å². The summed E-state index contributed by atoms with van der Waals surface area (Å²) in [5.74, 6) is -1.93. The first-order chi connectivity index (χ1) is 10.9. The van der Waals surface area contributed by atoms with E-state index in [2.05, 4.69) is 15.6 Å². The van der Waals surface area contributed by atoms with Crippen molar-refractivity contribution in [3.8, 4) is 0 Å². The third-order valence-electron chi connectivity index (χ3n) is 3.72. The number of benzene rings is 1. The Morgan fingerprint density at radius 2 is 2.04 bits per heavy atom. The minimum absolute atomic E-state index is 0.226. The summed E-state index contributed by atoms with van der Waals surface area (Å²) in [6.45, 7) is 3.20. The van der Waals surface area contributed by atoms with Crippen LogP contribution in [-0.2, 0) is 16.1 Å². The largest absolute Gasteiger partial charge is 0.480 e. The Kier molecular flexibility index (Phi) is 5.05. The number of nitrogens with one attached hydrogen (secondary N) is 1. The van der Waals surface area contributed by atoms with Crippen LogP contribution in [0.3, 0.4) is 0 Å². The Bertz CT molecular complexity index is 786. The van der Waals surface area contributed by atoms with Crippen molar-refractivity contribution in [2.75, 3.05) is 0 Å². The lowest BCUT2D eigenvalue weighted by atomic mass is 9.99. The molecule has 0 aliphatic rings. The second-order valence-electron chi connectivity index (χ2n) is 5.34. The third kappa shape index (κ3) is 3.71. The van der Waals surface area contributed by atoms with E-state index in [1.54, 1.807) is 31.2 Å². The van der Waals surface area contributed by atoms with Crippen LogP contribution in [0.25, 0.3) is 10.9 Å². The molecular formula is C15H18N4O4. The lowest BCUT2D eigenvalue weighted by molar-refractivity contribution is -0.143. The molecule has 8 nitrogen and oxygen atoms in total. The zero-order chi connectivity index (χ0) is 17.0. The molecule has 2 N–H and O–H groups in total. The van der Waals surface area contributed by atoms with E-state index in [9.17, 15) is 19.5 Å². The van der Waals surface area contributed by atoms with Gasteiger partial charge in [-0.15, -0.1) is 5.10 Å². The van der Waals surface area contributed by atoms with E-state index < -0.39 is 23.5 Å². The van der Waals surface area contributed by atoms with Gasteiger partial charge in [-0.05, 0) is 18.1 Å². The number of carboxylic acid groups (broad SMARTS) is 1. The number of carbonyl (C=O) groups excluding carboxylic acids is 1. The Morgan fingerprint density at radius 1 is 1.35 bits per heavy atom. The maximum atomic E-state index is 12.2. The first-order valence-electron chi connectivity index (χ1n) is 7.28. The van der Waals surface area contributed by atoms with Crippen LogP contribution in [0, 0.1) is 5.92 Å². The van der Waals surface area contributed by atoms with Gasteiger partial charge < -0.3 is 10.4 Å². The molecule has 0 spiro atoms. The molecular weight excluding hydrogens is 300 g/mol. The lowest BCUT2D eigenvalue weighted by Gasteiger charge is -2.20. The summed E-state index contributed by atoms with van der Waals surface area (Å²) in [5, 5.41) is 19.5. The molecule has 23 heavy (non-hydrogen) atoms. The highest BCUT2D eigenvalue weighted by molar-refractivity contribution is 5.84. The fraction of sp³-hybridized carbons (Fsp3) is 0.400. The Hall–Kier alpha value is -2.77. The third-order valence-corrected chi connectivity index (χ3v) is 3.72. The van der Waals surface area contributed by atoms with Gasteiger partial charge in [0.2, 0.25) is 5.91 Å². The average Bonchev–Trinajstić information content (AvgIpc) is 2.54. The fourth-order valence-corrected chi connectivity index (χ4v) is 2.17. The van der Waals surface area contributed by atoms with Crippen molar-refractivity contribution in [1.29, 1.82) is 0 Å². The molecule has 0 radical (unpaired) electrons. The Morgan fingerprint density at radius 3 is 2.70 bits per heavy atom. The summed E-state index contributed by atoms with van der Waals surface area (Å²) in [4.78, 5) is 35.5. The summed E-state index contributed by atoms with van der Waals surface area (Å²) in [6.07, 6.45) is 0.604. The zero-order valence-corrected chi connectivity index (χ0v) is 12.9. The molecule has 1 aromatic heterocycles. The predicted octanol–water partition coefficient (Wildman–Crippen LogP) is 0.407. The van der Waals surface area contributed by atoms with E-state index in [1.165, 1.54) is 0 Å². The van der Waals surface area contributed by atoms with Crippen molar-refractivity contribution in [2.24, 2.45) is 5.92 Å². The number of carbonyl (C=O) groups is 2. The lowest BCUT2D eigenvalue weighted by Crippen LogP contribution is -2.47. The van der Waals surface area contributed by atoms with Crippen LogP contribution in [0.1, 0.15) is 20.3 Å². The van der Waals surface area contributed by atoms with Crippen molar-refractivity contribution in [2.45, 2.75) is 32.9 Å². The summed E-state index contributed by atoms with van der Waals surface area (Å²) in [7, 11) is 0. The van der Waals surface area contributed by atoms with Gasteiger partial charge in [-0.3, -0.25) is 9.59 Å². The van der Waals surface area contributed by atoms with E-state index in [-0.39, 0.29) is 12.5 Å². The van der Waals surface area contributed by atoms with Crippen LogP contribution in [-0.4, -0.2) is 38.0 Å². The van der Waals surface area contributed by atoms with Gasteiger partial charge in [-0.2, -0.15) is 0 Å². The zero-order valence-electron chi connectivity index (χ0n) is 12.9. The quantitative estimate of drug-likeness (QED) is 0.797. The highest BCUT2D eigenvalue weighted by Gasteiger charge is 2.25. The number of fused-ring (bicyclic) bond motifs is 1. The maximum Gasteiger partial charge on any atom is 0.326 e. The van der Waals surface area contributed by atoms with Gasteiger partial charge in [0, 0.05) is 0 Å². The van der Waals surface area contributed by atoms with Gasteiger partial charge in [0.15, 0.2) is 0 Å². The number of aliphatic carboxylic acids is 1. The second-order valence-corrected chi connectivity index (χ2v) is 5.34. The fourth-order valence-electron chi connectivity index (χ4n) is 2.17. The molecule has 0 saturated carbocycles. The predicted molar refractivity (Wildman–Crippen MR) is 82.8 cm³/mol. The first kappa shape index (κ1) is 16.6. The van der Waals surface area contributed by atoms with E-state index >= 15 is 0 Å². The number of hydrogen-bond acceptors (Lipinski definition) is 5. The topological polar surface area (TPSA) is 114 Å². The molecule has 122 valence electrons. The van der Waals surface area contributed by atoms with Crippen LogP contribution < -0.4 is 10.9 Å². The minimum Gasteiger partial charge on any atom is -0.480 e. The average molecular weight is 318 g/mol. The smallest absolute Gasteiger partial charge is 0.326 e. The van der Waals surface area contributed by atoms with Gasteiger partial charge in [-0.1, -0.05) is 37.6 Å². The number of nitrogens with zero attached hydrogens (tertiary/aromatic N) is 3. The molecule has 1 aromatic carbocycles. The molecule has 1 amide bonds. The van der Waals surface area contributed by atoms with Crippen LogP contribution in [0.15, 0.2) is 29.1 Å². The minimum atomic E-state index is -1.11. The van der Waals surface area contributed by atoms with Crippen LogP contribution >= 0.6 is 0 Å². The van der Waals surface area contributed by atoms with Crippen LogP contribution in [0.5, 0.6) is 0 Å². The van der Waals surface area contributed by atoms with E-state index in [0.29, 0.717) is 17.3 Å². The molecule has 0 aliphatic heterocycles. The monoisotopic (exact) mass is 318 g/mol. The molecule has 2 atom stereocenters. The normalized spacial score (nSPS) is 13.5.